The molecule has 2 aliphatic heterocycles. The van der Waals surface area contributed by atoms with Gasteiger partial charge in [0.15, 0.2) is 0 Å². The van der Waals surface area contributed by atoms with Gasteiger partial charge in [0, 0.05) is 48.6 Å². The second-order valence-corrected chi connectivity index (χ2v) is 15.7. The van der Waals surface area contributed by atoms with Crippen LogP contribution in [-0.2, 0) is 21.5 Å². The van der Waals surface area contributed by atoms with Crippen LogP contribution in [0.5, 0.6) is 0 Å². The number of hydrogen-bond acceptors (Lipinski definition) is 8. The van der Waals surface area contributed by atoms with Gasteiger partial charge in [-0.1, -0.05) is 29.4 Å². The van der Waals surface area contributed by atoms with E-state index in [1.165, 1.54) is 16.5 Å². The molecule has 3 aromatic carbocycles. The molecule has 3 fully saturated rings. The molecule has 11 heteroatoms. The van der Waals surface area contributed by atoms with Crippen molar-refractivity contribution in [3.63, 3.8) is 0 Å². The van der Waals surface area contributed by atoms with Crippen LogP contribution in [0.4, 0.5) is 21.5 Å². The number of amides is 3. The lowest BCUT2D eigenvalue weighted by Gasteiger charge is -2.35. The van der Waals surface area contributed by atoms with Gasteiger partial charge in [-0.05, 0) is 130 Å². The van der Waals surface area contributed by atoms with Crippen LogP contribution < -0.4 is 15.5 Å². The predicted octanol–water partition coefficient (Wildman–Crippen LogP) is 7.78. The molecule has 3 heterocycles. The molecule has 2 saturated carbocycles. The summed E-state index contributed by atoms with van der Waals surface area (Å²) in [5.74, 6) is 0.0209. The number of fused-ring (bicyclic) bond motifs is 1. The van der Waals surface area contributed by atoms with Gasteiger partial charge in [-0.15, -0.1) is 0 Å². The molecule has 10 nitrogen and oxygen atoms in total. The summed E-state index contributed by atoms with van der Waals surface area (Å²) in [7, 11) is 0. The first-order chi connectivity index (χ1) is 26.0. The number of aryl methyl sites for hydroxylation is 3. The number of nitriles is 1. The van der Waals surface area contributed by atoms with Gasteiger partial charge in [-0.25, -0.2) is 4.39 Å². The van der Waals surface area contributed by atoms with Gasteiger partial charge in [0.25, 0.3) is 5.91 Å². The van der Waals surface area contributed by atoms with Crippen molar-refractivity contribution in [2.24, 2.45) is 11.8 Å². The number of halogens is 1. The Morgan fingerprint density at radius 1 is 1.00 bits per heavy atom. The SMILES string of the molecule is Cc1ccc(-c2c(C)noc2C)cc1N(C[C@H]1CC[C@H](CNc2cc3c(cc2F)CN(C2CCC(=O)NC2=O)C3=O)CC1)c1ccc(C2(C#N)CC2)cc1. The van der Waals surface area contributed by atoms with Crippen LogP contribution >= 0.6 is 0 Å². The molecule has 2 N–H and O–H groups in total. The fourth-order valence-electron chi connectivity index (χ4n) is 8.70. The first kappa shape index (κ1) is 35.5. The number of nitrogens with one attached hydrogen (secondary N) is 2. The first-order valence-electron chi connectivity index (χ1n) is 19.1. The van der Waals surface area contributed by atoms with Crippen LogP contribution in [0.1, 0.15) is 89.9 Å². The molecule has 54 heavy (non-hydrogen) atoms. The van der Waals surface area contributed by atoms with E-state index < -0.39 is 17.8 Å². The van der Waals surface area contributed by atoms with Gasteiger partial charge in [-0.3, -0.25) is 19.7 Å². The Labute approximate surface area is 314 Å². The average molecular weight is 729 g/mol. The Morgan fingerprint density at radius 2 is 1.74 bits per heavy atom. The van der Waals surface area contributed by atoms with E-state index >= 15 is 4.39 Å². The minimum atomic E-state index is -0.735. The van der Waals surface area contributed by atoms with E-state index in [9.17, 15) is 19.6 Å². The highest BCUT2D eigenvalue weighted by atomic mass is 19.1. The van der Waals surface area contributed by atoms with Crippen LogP contribution in [0.2, 0.25) is 0 Å². The summed E-state index contributed by atoms with van der Waals surface area (Å²) < 4.78 is 20.8. The maximum atomic E-state index is 15.3. The van der Waals surface area contributed by atoms with E-state index in [0.717, 1.165) is 84.6 Å². The number of rotatable bonds is 10. The summed E-state index contributed by atoms with van der Waals surface area (Å²) in [6.45, 7) is 7.62. The van der Waals surface area contributed by atoms with E-state index in [4.69, 9.17) is 4.52 Å². The molecule has 1 aromatic heterocycles. The lowest BCUT2D eigenvalue weighted by atomic mass is 9.81. The normalized spacial score (nSPS) is 21.7. The minimum absolute atomic E-state index is 0.146. The van der Waals surface area contributed by atoms with Crippen molar-refractivity contribution < 1.29 is 23.3 Å². The van der Waals surface area contributed by atoms with Crippen molar-refractivity contribution in [2.75, 3.05) is 23.3 Å². The number of nitrogens with zero attached hydrogens (tertiary/aromatic N) is 4. The van der Waals surface area contributed by atoms with Gasteiger partial charge in [-0.2, -0.15) is 5.26 Å². The highest BCUT2D eigenvalue weighted by Crippen LogP contribution is 2.48. The van der Waals surface area contributed by atoms with Crippen LogP contribution in [-0.4, -0.2) is 46.9 Å². The Bertz CT molecular complexity index is 2160. The Balaban J connectivity index is 0.950. The molecule has 0 radical (unpaired) electrons. The topological polar surface area (TPSA) is 132 Å². The molecule has 3 amide bonds. The first-order valence-corrected chi connectivity index (χ1v) is 19.1. The van der Waals surface area contributed by atoms with Gasteiger partial charge >= 0.3 is 0 Å². The smallest absolute Gasteiger partial charge is 0.255 e. The van der Waals surface area contributed by atoms with Gasteiger partial charge in [0.05, 0.1) is 22.9 Å². The van der Waals surface area contributed by atoms with E-state index in [1.807, 2.05) is 13.8 Å². The van der Waals surface area contributed by atoms with Gasteiger partial charge in [0.2, 0.25) is 11.8 Å². The number of aromatic nitrogens is 1. The van der Waals surface area contributed by atoms with Crippen molar-refractivity contribution in [1.82, 2.24) is 15.4 Å². The van der Waals surface area contributed by atoms with E-state index in [1.54, 1.807) is 6.07 Å². The molecule has 1 atom stereocenters. The largest absolute Gasteiger partial charge is 0.382 e. The predicted molar refractivity (Wildman–Crippen MR) is 203 cm³/mol. The van der Waals surface area contributed by atoms with E-state index in [2.05, 4.69) is 76.1 Å². The Kier molecular flexibility index (Phi) is 9.24. The molecule has 1 unspecified atom stereocenters. The maximum Gasteiger partial charge on any atom is 0.255 e. The highest BCUT2D eigenvalue weighted by molar-refractivity contribution is 6.05. The van der Waals surface area contributed by atoms with Crippen LogP contribution in [0.25, 0.3) is 11.1 Å². The zero-order chi connectivity index (χ0) is 37.7. The second-order valence-electron chi connectivity index (χ2n) is 15.7. The highest BCUT2D eigenvalue weighted by Gasteiger charge is 2.45. The van der Waals surface area contributed by atoms with Crippen LogP contribution in [0, 0.1) is 49.8 Å². The molecule has 2 aliphatic carbocycles. The zero-order valence-corrected chi connectivity index (χ0v) is 31.0. The number of hydrogen-bond donors (Lipinski definition) is 2. The monoisotopic (exact) mass is 728 g/mol. The number of piperidine rings is 1. The number of carbonyl (C=O) groups excluding carboxylic acids is 3. The summed E-state index contributed by atoms with van der Waals surface area (Å²) >= 11 is 0. The van der Waals surface area contributed by atoms with Crippen molar-refractivity contribution in [3.05, 3.63) is 94.1 Å². The lowest BCUT2D eigenvalue weighted by Crippen LogP contribution is -2.52. The standard InChI is InChI=1S/C43H45FN6O4/c1-25-4-9-30(40-26(2)48-54-27(40)3)19-38(25)49(33-12-10-32(11-13-33)43(24-45)16-17-43)22-29-7-5-28(6-8-29)21-46-36-20-34-31(18-35(36)44)23-50(42(34)53)37-14-15-39(51)47-41(37)52/h4,9-13,18-20,28-29,37,46H,5-8,14-17,21-23H2,1-3H3,(H,47,51,52)/t28-,29-,37?. The molecule has 0 spiro atoms. The third-order valence-electron chi connectivity index (χ3n) is 12.1. The molecule has 278 valence electrons. The quantitative estimate of drug-likeness (QED) is 0.158. The summed E-state index contributed by atoms with van der Waals surface area (Å²) in [6.07, 6.45) is 6.27. The Morgan fingerprint density at radius 3 is 2.41 bits per heavy atom. The van der Waals surface area contributed by atoms with Crippen molar-refractivity contribution in [1.29, 1.82) is 5.26 Å². The Hall–Kier alpha value is -5.50. The van der Waals surface area contributed by atoms with Crippen molar-refractivity contribution in [2.45, 2.75) is 90.1 Å². The summed E-state index contributed by atoms with van der Waals surface area (Å²) in [6, 6.07) is 19.8. The molecular weight excluding hydrogens is 684 g/mol. The lowest BCUT2D eigenvalue weighted by molar-refractivity contribution is -0.136. The maximum absolute atomic E-state index is 15.3. The summed E-state index contributed by atoms with van der Waals surface area (Å²) in [4.78, 5) is 41.3. The van der Waals surface area contributed by atoms with E-state index in [-0.39, 0.29) is 36.6 Å². The second kappa shape index (κ2) is 14.0. The van der Waals surface area contributed by atoms with Gasteiger partial charge in [0.1, 0.15) is 17.6 Å². The van der Waals surface area contributed by atoms with Crippen molar-refractivity contribution in [3.8, 4) is 17.2 Å². The number of imide groups is 1. The van der Waals surface area contributed by atoms with Gasteiger partial charge < -0.3 is 19.6 Å². The molecule has 4 aromatic rings. The molecule has 0 bridgehead atoms. The molecular formula is C43H45FN6O4. The number of carbonyl (C=O) groups is 3. The molecule has 1 saturated heterocycles. The molecule has 4 aliphatic rings. The number of benzene rings is 3. The average Bonchev–Trinajstić information content (AvgIpc) is 3.82. The van der Waals surface area contributed by atoms with Crippen LogP contribution in [0.15, 0.2) is 59.1 Å². The summed E-state index contributed by atoms with van der Waals surface area (Å²) in [5, 5.41) is 19.6. The zero-order valence-electron chi connectivity index (χ0n) is 31.0. The fourth-order valence-corrected chi connectivity index (χ4v) is 8.70. The molecule has 8 rings (SSSR count). The van der Waals surface area contributed by atoms with Crippen LogP contribution in [0.3, 0.4) is 0 Å². The minimum Gasteiger partial charge on any atom is -0.382 e. The number of anilines is 3. The summed E-state index contributed by atoms with van der Waals surface area (Å²) in [5.41, 5.74) is 8.30. The third-order valence-corrected chi connectivity index (χ3v) is 12.1. The van der Waals surface area contributed by atoms with Crippen molar-refractivity contribution >= 4 is 34.8 Å². The third kappa shape index (κ3) is 6.63. The fraction of sp³-hybridized carbons (Fsp3) is 0.419. The van der Waals surface area contributed by atoms with E-state index in [0.29, 0.717) is 35.2 Å².